The van der Waals surface area contributed by atoms with E-state index in [1.165, 1.54) is 0 Å². The van der Waals surface area contributed by atoms with E-state index >= 15 is 0 Å². The number of carbonyl (C=O) groups excluding carboxylic acids is 1. The molecule has 7 heteroatoms. The Morgan fingerprint density at radius 1 is 1.34 bits per heavy atom. The van der Waals surface area contributed by atoms with Crippen molar-refractivity contribution in [2.24, 2.45) is 0 Å². The lowest BCUT2D eigenvalue weighted by Crippen LogP contribution is -2.35. The SMILES string of the molecule is C=C(c1c(C)c(C(=O)OC(C)C)cc2c(-c3cn[nH]c3)ccn12)N1CCOCC1. The largest absolute Gasteiger partial charge is 0.459 e. The molecule has 0 spiro atoms. The van der Waals surface area contributed by atoms with E-state index in [1.54, 1.807) is 6.20 Å². The maximum atomic E-state index is 12.9. The van der Waals surface area contributed by atoms with Gasteiger partial charge in [0.1, 0.15) is 0 Å². The number of morpholine rings is 1. The average Bonchev–Trinajstić information content (AvgIpc) is 3.36. The van der Waals surface area contributed by atoms with Gasteiger partial charge in [0.15, 0.2) is 0 Å². The number of esters is 1. The van der Waals surface area contributed by atoms with Crippen molar-refractivity contribution < 1.29 is 14.3 Å². The number of carbonyl (C=O) groups is 1. The van der Waals surface area contributed by atoms with Crippen molar-refractivity contribution in [2.75, 3.05) is 26.3 Å². The van der Waals surface area contributed by atoms with Crippen molar-refractivity contribution in [3.8, 4) is 11.1 Å². The second kappa shape index (κ2) is 7.75. The summed E-state index contributed by atoms with van der Waals surface area (Å²) in [6, 6.07) is 3.94. The number of hydrogen-bond donors (Lipinski definition) is 1. The number of aromatic nitrogens is 3. The van der Waals surface area contributed by atoms with Crippen molar-refractivity contribution >= 4 is 17.2 Å². The maximum Gasteiger partial charge on any atom is 0.338 e. The van der Waals surface area contributed by atoms with E-state index in [9.17, 15) is 4.79 Å². The minimum atomic E-state index is -0.324. The first-order chi connectivity index (χ1) is 14.0. The lowest BCUT2D eigenvalue weighted by Gasteiger charge is -2.32. The van der Waals surface area contributed by atoms with Crippen molar-refractivity contribution in [2.45, 2.75) is 26.9 Å². The monoisotopic (exact) mass is 394 g/mol. The first kappa shape index (κ1) is 19.3. The molecule has 4 rings (SSSR count). The van der Waals surface area contributed by atoms with Crippen LogP contribution in [0.1, 0.15) is 35.5 Å². The highest BCUT2D eigenvalue weighted by atomic mass is 16.5. The molecule has 29 heavy (non-hydrogen) atoms. The van der Waals surface area contributed by atoms with Crippen LogP contribution < -0.4 is 0 Å². The quantitative estimate of drug-likeness (QED) is 0.671. The zero-order valence-corrected chi connectivity index (χ0v) is 17.1. The highest BCUT2D eigenvalue weighted by Crippen LogP contribution is 2.33. The molecule has 4 heterocycles. The number of aromatic amines is 1. The molecule has 0 aliphatic carbocycles. The number of ether oxygens (including phenoxy) is 2. The molecule has 0 unspecified atom stereocenters. The van der Waals surface area contributed by atoms with Gasteiger partial charge in [0.05, 0.1) is 48.0 Å². The molecule has 0 aromatic carbocycles. The van der Waals surface area contributed by atoms with Gasteiger partial charge in [0.25, 0.3) is 0 Å². The summed E-state index contributed by atoms with van der Waals surface area (Å²) in [6.45, 7) is 12.9. The maximum absolute atomic E-state index is 12.9. The molecule has 0 amide bonds. The predicted molar refractivity (Wildman–Crippen MR) is 112 cm³/mol. The number of nitrogens with one attached hydrogen (secondary N) is 1. The Morgan fingerprint density at radius 3 is 2.76 bits per heavy atom. The Kier molecular flexibility index (Phi) is 5.15. The standard InChI is InChI=1S/C22H26N4O3/c1-14(2)29-22(27)19-11-20-18(17-12-23-24-13-17)5-6-26(20)21(15(19)3)16(4)25-7-9-28-10-8-25/h5-6,11-14H,4,7-10H2,1-3H3,(H,23,24). The van der Waals surface area contributed by atoms with Crippen LogP contribution in [0.4, 0.5) is 0 Å². The van der Waals surface area contributed by atoms with Gasteiger partial charge in [0.2, 0.25) is 0 Å². The molecule has 152 valence electrons. The van der Waals surface area contributed by atoms with Crippen molar-refractivity contribution in [3.05, 3.63) is 54.1 Å². The zero-order chi connectivity index (χ0) is 20.5. The van der Waals surface area contributed by atoms with Crippen LogP contribution in [0.2, 0.25) is 0 Å². The topological polar surface area (TPSA) is 71.9 Å². The van der Waals surface area contributed by atoms with Crippen molar-refractivity contribution in [1.82, 2.24) is 19.5 Å². The van der Waals surface area contributed by atoms with Gasteiger partial charge in [-0.05, 0) is 38.5 Å². The molecule has 1 fully saturated rings. The predicted octanol–water partition coefficient (Wildman–Crippen LogP) is 3.51. The van der Waals surface area contributed by atoms with E-state index in [2.05, 4.69) is 26.1 Å². The van der Waals surface area contributed by atoms with Crippen LogP contribution in [0.15, 0.2) is 37.3 Å². The average molecular weight is 394 g/mol. The summed E-state index contributed by atoms with van der Waals surface area (Å²) >= 11 is 0. The van der Waals surface area contributed by atoms with E-state index in [4.69, 9.17) is 9.47 Å². The lowest BCUT2D eigenvalue weighted by atomic mass is 10.0. The molecule has 1 N–H and O–H groups in total. The molecule has 3 aromatic rings. The van der Waals surface area contributed by atoms with Gasteiger partial charge in [-0.1, -0.05) is 6.58 Å². The second-order valence-corrected chi connectivity index (χ2v) is 7.50. The van der Waals surface area contributed by atoms with Crippen LogP contribution in [0.5, 0.6) is 0 Å². The number of pyridine rings is 1. The van der Waals surface area contributed by atoms with Gasteiger partial charge in [0, 0.05) is 36.6 Å². The van der Waals surface area contributed by atoms with Crippen LogP contribution in [0.3, 0.4) is 0 Å². The second-order valence-electron chi connectivity index (χ2n) is 7.50. The molecule has 1 saturated heterocycles. The van der Waals surface area contributed by atoms with E-state index in [0.717, 1.165) is 46.7 Å². The Labute approximate surface area is 169 Å². The summed E-state index contributed by atoms with van der Waals surface area (Å²) in [4.78, 5) is 15.1. The number of H-pyrrole nitrogens is 1. The third-order valence-corrected chi connectivity index (χ3v) is 5.24. The molecule has 1 aliphatic rings. The molecule has 0 saturated carbocycles. The van der Waals surface area contributed by atoms with Crippen LogP contribution >= 0.6 is 0 Å². The summed E-state index contributed by atoms with van der Waals surface area (Å²) in [5, 5.41) is 6.92. The number of fused-ring (bicyclic) bond motifs is 1. The van der Waals surface area contributed by atoms with Gasteiger partial charge in [-0.15, -0.1) is 0 Å². The summed E-state index contributed by atoms with van der Waals surface area (Å²) in [5.74, 6) is -0.324. The Balaban J connectivity index is 1.91. The number of nitrogens with zero attached hydrogens (tertiary/aromatic N) is 3. The van der Waals surface area contributed by atoms with Gasteiger partial charge in [-0.3, -0.25) is 5.10 Å². The van der Waals surface area contributed by atoms with Gasteiger partial charge >= 0.3 is 5.97 Å². The summed E-state index contributed by atoms with van der Waals surface area (Å²) < 4.78 is 13.1. The Bertz CT molecular complexity index is 1040. The first-order valence-corrected chi connectivity index (χ1v) is 9.84. The number of rotatable bonds is 5. The van der Waals surface area contributed by atoms with Crippen LogP contribution in [-0.4, -0.2) is 57.9 Å². The molecule has 0 radical (unpaired) electrons. The normalized spacial score (nSPS) is 14.6. The summed E-state index contributed by atoms with van der Waals surface area (Å²) in [7, 11) is 0. The molecule has 0 atom stereocenters. The van der Waals surface area contributed by atoms with Gasteiger partial charge in [-0.25, -0.2) is 4.79 Å². The summed E-state index contributed by atoms with van der Waals surface area (Å²) in [5.41, 5.74) is 6.07. The fourth-order valence-electron chi connectivity index (χ4n) is 3.81. The van der Waals surface area contributed by atoms with Crippen molar-refractivity contribution in [1.29, 1.82) is 0 Å². The minimum Gasteiger partial charge on any atom is -0.459 e. The van der Waals surface area contributed by atoms with Crippen molar-refractivity contribution in [3.63, 3.8) is 0 Å². The molecule has 0 bridgehead atoms. The highest BCUT2D eigenvalue weighted by molar-refractivity contribution is 5.96. The van der Waals surface area contributed by atoms with Gasteiger partial charge in [-0.2, -0.15) is 5.10 Å². The van der Waals surface area contributed by atoms with Crippen LogP contribution in [0, 0.1) is 6.92 Å². The zero-order valence-electron chi connectivity index (χ0n) is 17.1. The third-order valence-electron chi connectivity index (χ3n) is 5.24. The molecular formula is C22H26N4O3. The lowest BCUT2D eigenvalue weighted by molar-refractivity contribution is 0.0377. The van der Waals surface area contributed by atoms with E-state index in [0.29, 0.717) is 18.8 Å². The number of hydrogen-bond acceptors (Lipinski definition) is 5. The first-order valence-electron chi connectivity index (χ1n) is 9.84. The van der Waals surface area contributed by atoms with Crippen LogP contribution in [0.25, 0.3) is 22.3 Å². The Morgan fingerprint density at radius 2 is 2.10 bits per heavy atom. The van der Waals surface area contributed by atoms with Crippen LogP contribution in [-0.2, 0) is 9.47 Å². The third kappa shape index (κ3) is 3.53. The highest BCUT2D eigenvalue weighted by Gasteiger charge is 2.24. The molecular weight excluding hydrogens is 368 g/mol. The fourth-order valence-corrected chi connectivity index (χ4v) is 3.81. The fraction of sp³-hybridized carbons (Fsp3) is 0.364. The van der Waals surface area contributed by atoms with Gasteiger partial charge < -0.3 is 18.8 Å². The summed E-state index contributed by atoms with van der Waals surface area (Å²) in [6.07, 6.45) is 5.45. The van der Waals surface area contributed by atoms with E-state index < -0.39 is 0 Å². The Hall–Kier alpha value is -3.06. The minimum absolute atomic E-state index is 0.191. The van der Waals surface area contributed by atoms with E-state index in [1.807, 2.05) is 45.3 Å². The van der Waals surface area contributed by atoms with E-state index in [-0.39, 0.29) is 12.1 Å². The molecule has 3 aromatic heterocycles. The smallest absolute Gasteiger partial charge is 0.338 e. The molecule has 7 nitrogen and oxygen atoms in total. The molecule has 1 aliphatic heterocycles.